The van der Waals surface area contributed by atoms with Crippen LogP contribution in [0.1, 0.15) is 15.9 Å². The molecule has 0 fully saturated rings. The summed E-state index contributed by atoms with van der Waals surface area (Å²) in [5, 5.41) is 10.2. The molecule has 18 heavy (non-hydrogen) atoms. The number of carbonyl (C=O) groups is 2. The number of carbonyl (C=O) groups excluding carboxylic acids is 2. The van der Waals surface area contributed by atoms with E-state index in [2.05, 4.69) is 4.98 Å². The number of phenols is 1. The summed E-state index contributed by atoms with van der Waals surface area (Å²) in [5.74, 6) is -1.25. The number of Topliss-reactive ketones (excluding diaryl/α,β-unsaturated/α-hetero) is 1. The highest BCUT2D eigenvalue weighted by molar-refractivity contribution is 6.45. The van der Waals surface area contributed by atoms with Gasteiger partial charge < -0.3 is 15.0 Å². The van der Waals surface area contributed by atoms with Gasteiger partial charge in [0.15, 0.2) is 0 Å². The lowest BCUT2D eigenvalue weighted by Gasteiger charge is -2.08. The number of hydrogen-bond donors (Lipinski definition) is 2. The molecule has 1 heterocycles. The first kappa shape index (κ1) is 12.2. The minimum Gasteiger partial charge on any atom is -0.507 e. The normalized spacial score (nSPS) is 10.6. The van der Waals surface area contributed by atoms with Crippen LogP contribution in [0.4, 0.5) is 0 Å². The predicted octanol–water partition coefficient (Wildman–Crippen LogP) is 1.45. The Morgan fingerprint density at radius 3 is 2.56 bits per heavy atom. The molecule has 5 nitrogen and oxygen atoms in total. The molecule has 1 aromatic heterocycles. The Bertz CT molecular complexity index is 641. The molecule has 2 rings (SSSR count). The smallest absolute Gasteiger partial charge is 0.294 e. The Hall–Kier alpha value is -2.30. The van der Waals surface area contributed by atoms with E-state index in [1.807, 2.05) is 6.92 Å². The van der Waals surface area contributed by atoms with Gasteiger partial charge in [-0.3, -0.25) is 9.59 Å². The minimum absolute atomic E-state index is 0.00763. The van der Waals surface area contributed by atoms with Crippen molar-refractivity contribution in [2.45, 2.75) is 6.92 Å². The molecule has 0 atom stereocenters. The van der Waals surface area contributed by atoms with Gasteiger partial charge >= 0.3 is 0 Å². The zero-order valence-electron chi connectivity index (χ0n) is 10.4. The topological polar surface area (TPSA) is 73.4 Å². The predicted molar refractivity (Wildman–Crippen MR) is 67.7 cm³/mol. The van der Waals surface area contributed by atoms with E-state index in [1.165, 1.54) is 31.3 Å². The van der Waals surface area contributed by atoms with Gasteiger partial charge in [0, 0.05) is 20.3 Å². The molecule has 94 valence electrons. The third-order valence-corrected chi connectivity index (χ3v) is 2.87. The maximum absolute atomic E-state index is 12.0. The zero-order valence-corrected chi connectivity index (χ0v) is 10.4. The number of ketones is 1. The number of fused-ring (bicyclic) bond motifs is 1. The van der Waals surface area contributed by atoms with Gasteiger partial charge in [-0.25, -0.2) is 0 Å². The molecule has 0 aliphatic heterocycles. The van der Waals surface area contributed by atoms with Crippen LogP contribution in [0.2, 0.25) is 0 Å². The van der Waals surface area contributed by atoms with Gasteiger partial charge in [-0.15, -0.1) is 0 Å². The van der Waals surface area contributed by atoms with Crippen LogP contribution in [0, 0.1) is 6.92 Å². The molecule has 1 aromatic carbocycles. The van der Waals surface area contributed by atoms with Gasteiger partial charge in [-0.1, -0.05) is 6.07 Å². The van der Waals surface area contributed by atoms with Crippen LogP contribution in [0.15, 0.2) is 18.3 Å². The second-order valence-corrected chi connectivity index (χ2v) is 4.38. The van der Waals surface area contributed by atoms with Gasteiger partial charge in [-0.05, 0) is 18.6 Å². The Kier molecular flexibility index (Phi) is 2.82. The van der Waals surface area contributed by atoms with Crippen molar-refractivity contribution in [2.24, 2.45) is 0 Å². The molecule has 0 saturated carbocycles. The fraction of sp³-hybridized carbons (Fsp3) is 0.231. The molecule has 0 radical (unpaired) electrons. The van der Waals surface area contributed by atoms with Gasteiger partial charge in [-0.2, -0.15) is 0 Å². The number of nitrogens with zero attached hydrogens (tertiary/aromatic N) is 1. The lowest BCUT2D eigenvalue weighted by Crippen LogP contribution is -2.29. The first-order chi connectivity index (χ1) is 8.43. The fourth-order valence-electron chi connectivity index (χ4n) is 1.87. The van der Waals surface area contributed by atoms with Crippen molar-refractivity contribution < 1.29 is 14.7 Å². The number of nitrogens with one attached hydrogen (secondary N) is 1. The molecule has 0 spiro atoms. The van der Waals surface area contributed by atoms with Crippen LogP contribution >= 0.6 is 0 Å². The Morgan fingerprint density at radius 1 is 1.28 bits per heavy atom. The molecular formula is C13H14N2O3. The molecule has 0 saturated heterocycles. The van der Waals surface area contributed by atoms with E-state index >= 15 is 0 Å². The average molecular weight is 246 g/mol. The van der Waals surface area contributed by atoms with Crippen LogP contribution in [-0.2, 0) is 4.79 Å². The third kappa shape index (κ3) is 1.73. The second-order valence-electron chi connectivity index (χ2n) is 4.38. The average Bonchev–Trinajstić information content (AvgIpc) is 2.77. The summed E-state index contributed by atoms with van der Waals surface area (Å²) in [6.07, 6.45) is 1.46. The van der Waals surface area contributed by atoms with E-state index in [1.54, 1.807) is 6.07 Å². The standard InChI is InChI=1S/C13H14N2O3/c1-7-4-5-9(16)10-8(6-14-11(7)10)12(17)13(18)15(2)3/h4-6,14,16H,1-3H3. The largest absolute Gasteiger partial charge is 0.507 e. The number of amides is 1. The number of phenolic OH excluding ortho intramolecular Hbond substituents is 1. The lowest BCUT2D eigenvalue weighted by molar-refractivity contribution is -0.124. The molecule has 5 heteroatoms. The number of H-pyrrole nitrogens is 1. The van der Waals surface area contributed by atoms with E-state index in [0.29, 0.717) is 10.9 Å². The number of aryl methyl sites for hydroxylation is 1. The van der Waals surface area contributed by atoms with Crippen LogP contribution in [0.25, 0.3) is 10.9 Å². The number of hydrogen-bond acceptors (Lipinski definition) is 3. The van der Waals surface area contributed by atoms with E-state index in [4.69, 9.17) is 0 Å². The molecular weight excluding hydrogens is 232 g/mol. The lowest BCUT2D eigenvalue weighted by atomic mass is 10.1. The minimum atomic E-state index is -0.632. The maximum Gasteiger partial charge on any atom is 0.294 e. The molecule has 1 amide bonds. The fourth-order valence-corrected chi connectivity index (χ4v) is 1.87. The van der Waals surface area contributed by atoms with Crippen molar-refractivity contribution >= 4 is 22.6 Å². The van der Waals surface area contributed by atoms with Gasteiger partial charge in [0.05, 0.1) is 16.5 Å². The summed E-state index contributed by atoms with van der Waals surface area (Å²) in [7, 11) is 3.03. The highest BCUT2D eigenvalue weighted by Crippen LogP contribution is 2.30. The quantitative estimate of drug-likeness (QED) is 0.622. The van der Waals surface area contributed by atoms with Crippen LogP contribution in [-0.4, -0.2) is 40.8 Å². The Labute approximate surface area is 104 Å². The number of aromatic hydroxyl groups is 1. The number of aromatic nitrogens is 1. The highest BCUT2D eigenvalue weighted by atomic mass is 16.3. The number of likely N-dealkylation sites (N-methyl/N-ethyl adjacent to an activating group) is 1. The van der Waals surface area contributed by atoms with Gasteiger partial charge in [0.1, 0.15) is 5.75 Å². The monoisotopic (exact) mass is 246 g/mol. The molecule has 2 aromatic rings. The van der Waals surface area contributed by atoms with Crippen LogP contribution in [0.3, 0.4) is 0 Å². The van der Waals surface area contributed by atoms with Crippen molar-refractivity contribution in [3.63, 3.8) is 0 Å². The molecule has 0 aliphatic rings. The van der Waals surface area contributed by atoms with E-state index in [9.17, 15) is 14.7 Å². The van der Waals surface area contributed by atoms with Gasteiger partial charge in [0.25, 0.3) is 11.7 Å². The summed E-state index contributed by atoms with van der Waals surface area (Å²) < 4.78 is 0. The zero-order chi connectivity index (χ0) is 13.4. The van der Waals surface area contributed by atoms with E-state index in [-0.39, 0.29) is 11.3 Å². The molecule has 0 unspecified atom stereocenters. The Balaban J connectivity index is 2.63. The summed E-state index contributed by atoms with van der Waals surface area (Å²) in [6.45, 7) is 1.86. The Morgan fingerprint density at radius 2 is 1.94 bits per heavy atom. The van der Waals surface area contributed by atoms with Crippen molar-refractivity contribution in [1.82, 2.24) is 9.88 Å². The molecule has 2 N–H and O–H groups in total. The van der Waals surface area contributed by atoms with Crippen molar-refractivity contribution in [2.75, 3.05) is 14.1 Å². The van der Waals surface area contributed by atoms with Crippen molar-refractivity contribution in [3.05, 3.63) is 29.5 Å². The summed E-state index contributed by atoms with van der Waals surface area (Å²) in [5.41, 5.74) is 1.77. The van der Waals surface area contributed by atoms with Crippen molar-refractivity contribution in [1.29, 1.82) is 0 Å². The third-order valence-electron chi connectivity index (χ3n) is 2.87. The molecule has 0 aliphatic carbocycles. The van der Waals surface area contributed by atoms with Crippen LogP contribution < -0.4 is 0 Å². The van der Waals surface area contributed by atoms with E-state index < -0.39 is 11.7 Å². The SMILES string of the molecule is Cc1ccc(O)c2c(C(=O)C(=O)N(C)C)c[nH]c12. The van der Waals surface area contributed by atoms with Gasteiger partial charge in [0.2, 0.25) is 0 Å². The maximum atomic E-state index is 12.0. The summed E-state index contributed by atoms with van der Waals surface area (Å²) in [6, 6.07) is 3.26. The van der Waals surface area contributed by atoms with E-state index in [0.717, 1.165) is 5.56 Å². The number of aromatic amines is 1. The highest BCUT2D eigenvalue weighted by Gasteiger charge is 2.23. The first-order valence-electron chi connectivity index (χ1n) is 5.49. The molecule has 0 bridgehead atoms. The summed E-state index contributed by atoms with van der Waals surface area (Å²) in [4.78, 5) is 27.8. The number of rotatable bonds is 2. The summed E-state index contributed by atoms with van der Waals surface area (Å²) >= 11 is 0. The van der Waals surface area contributed by atoms with Crippen molar-refractivity contribution in [3.8, 4) is 5.75 Å². The van der Waals surface area contributed by atoms with Crippen LogP contribution in [0.5, 0.6) is 5.75 Å². The number of benzene rings is 1. The second kappa shape index (κ2) is 4.18. The first-order valence-corrected chi connectivity index (χ1v) is 5.49.